The first-order valence-electron chi connectivity index (χ1n) is 13.5. The Bertz CT molecular complexity index is 1210. The van der Waals surface area contributed by atoms with Crippen LogP contribution in [0.2, 0.25) is 0 Å². The lowest BCUT2D eigenvalue weighted by Gasteiger charge is -2.43. The Morgan fingerprint density at radius 3 is 2.46 bits per heavy atom. The van der Waals surface area contributed by atoms with Crippen LogP contribution in [0.3, 0.4) is 0 Å². The topological polar surface area (TPSA) is 90.8 Å². The van der Waals surface area contributed by atoms with Crippen LogP contribution < -0.4 is 10.2 Å². The predicted molar refractivity (Wildman–Crippen MR) is 142 cm³/mol. The molecule has 1 saturated carbocycles. The molecule has 2 fully saturated rings. The van der Waals surface area contributed by atoms with Crippen molar-refractivity contribution in [3.8, 4) is 0 Å². The lowest BCUT2D eigenvalue weighted by molar-refractivity contribution is -0.133. The van der Waals surface area contributed by atoms with Gasteiger partial charge in [0.25, 0.3) is 11.8 Å². The first kappa shape index (κ1) is 25.3. The average Bonchev–Trinajstić information content (AvgIpc) is 3.55. The van der Waals surface area contributed by atoms with E-state index in [0.717, 1.165) is 38.8 Å². The van der Waals surface area contributed by atoms with Gasteiger partial charge in [-0.1, -0.05) is 25.0 Å². The van der Waals surface area contributed by atoms with Gasteiger partial charge in [-0.25, -0.2) is 0 Å². The zero-order valence-electron chi connectivity index (χ0n) is 22.4. The Labute approximate surface area is 218 Å². The van der Waals surface area contributed by atoms with Crippen LogP contribution in [-0.4, -0.2) is 81.6 Å². The Balaban J connectivity index is 1.31. The number of fused-ring (bicyclic) bond motifs is 1. The van der Waals surface area contributed by atoms with E-state index in [1.807, 2.05) is 11.8 Å². The number of carbonyl (C=O) groups is 3. The fourth-order valence-corrected chi connectivity index (χ4v) is 6.02. The minimum atomic E-state index is -1.05. The third-order valence-corrected chi connectivity index (χ3v) is 8.28. The minimum absolute atomic E-state index is 0.147. The van der Waals surface area contributed by atoms with E-state index in [2.05, 4.69) is 47.4 Å². The number of nitrogens with zero attached hydrogens (tertiary/aromatic N) is 5. The van der Waals surface area contributed by atoms with E-state index in [-0.39, 0.29) is 36.0 Å². The highest BCUT2D eigenvalue weighted by molar-refractivity contribution is 6.02. The maximum absolute atomic E-state index is 13.4. The number of amides is 3. The fourth-order valence-electron chi connectivity index (χ4n) is 6.02. The van der Waals surface area contributed by atoms with Crippen molar-refractivity contribution in [2.24, 2.45) is 0 Å². The molecule has 1 aromatic carbocycles. The number of benzene rings is 1. The van der Waals surface area contributed by atoms with E-state index in [0.29, 0.717) is 25.3 Å². The van der Waals surface area contributed by atoms with Crippen LogP contribution in [0.5, 0.6) is 0 Å². The molecule has 3 aliphatic rings. The van der Waals surface area contributed by atoms with Crippen LogP contribution in [0.25, 0.3) is 0 Å². The summed E-state index contributed by atoms with van der Waals surface area (Å²) in [5.74, 6) is -0.578. The second-order valence-corrected chi connectivity index (χ2v) is 10.9. The van der Waals surface area contributed by atoms with Crippen molar-refractivity contribution in [1.29, 1.82) is 0 Å². The van der Waals surface area contributed by atoms with Crippen molar-refractivity contribution >= 4 is 23.4 Å². The summed E-state index contributed by atoms with van der Waals surface area (Å²) in [5, 5.41) is 7.70. The van der Waals surface area contributed by atoms with Crippen molar-refractivity contribution in [3.05, 3.63) is 46.8 Å². The number of anilines is 1. The molecule has 3 heterocycles. The summed E-state index contributed by atoms with van der Waals surface area (Å²) in [6.07, 6.45) is 4.19. The number of aromatic nitrogens is 2. The van der Waals surface area contributed by atoms with Gasteiger partial charge in [-0.3, -0.25) is 19.1 Å². The summed E-state index contributed by atoms with van der Waals surface area (Å²) in [6, 6.07) is 8.20. The fraction of sp³-hybridized carbons (Fsp3) is 0.571. The van der Waals surface area contributed by atoms with Gasteiger partial charge < -0.3 is 20.0 Å². The summed E-state index contributed by atoms with van der Waals surface area (Å²) >= 11 is 0. The molecule has 0 spiro atoms. The first-order chi connectivity index (χ1) is 17.7. The SMILES string of the molecule is CCN1C(=O)c2cc(C(=O)N3CCN(c4cc(C)ccc4C)CC3)nn2C[C@@]1(C)C(=O)NC1CCCC1. The molecule has 3 amide bonds. The first-order valence-corrected chi connectivity index (χ1v) is 13.5. The van der Waals surface area contributed by atoms with Gasteiger partial charge in [-0.05, 0) is 57.7 Å². The Morgan fingerprint density at radius 1 is 1.08 bits per heavy atom. The quantitative estimate of drug-likeness (QED) is 0.674. The maximum Gasteiger partial charge on any atom is 0.274 e. The molecule has 1 atom stereocenters. The molecule has 2 aromatic rings. The van der Waals surface area contributed by atoms with Gasteiger partial charge in [0.2, 0.25) is 5.91 Å². The summed E-state index contributed by atoms with van der Waals surface area (Å²) in [7, 11) is 0. The van der Waals surface area contributed by atoms with Crippen molar-refractivity contribution in [2.45, 2.75) is 71.5 Å². The lowest BCUT2D eigenvalue weighted by Crippen LogP contribution is -2.64. The molecule has 37 heavy (non-hydrogen) atoms. The molecule has 9 heteroatoms. The highest BCUT2D eigenvalue weighted by Gasteiger charge is 2.48. The molecule has 2 aliphatic heterocycles. The van der Waals surface area contributed by atoms with E-state index in [1.165, 1.54) is 16.8 Å². The molecule has 1 saturated heterocycles. The highest BCUT2D eigenvalue weighted by Crippen LogP contribution is 2.29. The summed E-state index contributed by atoms with van der Waals surface area (Å²) in [5.41, 5.74) is 3.24. The summed E-state index contributed by atoms with van der Waals surface area (Å²) in [6.45, 7) is 11.2. The number of hydrogen-bond acceptors (Lipinski definition) is 5. The van der Waals surface area contributed by atoms with E-state index in [1.54, 1.807) is 22.6 Å². The molecule has 5 rings (SSSR count). The minimum Gasteiger partial charge on any atom is -0.368 e. The normalized spacial score (nSPS) is 22.4. The van der Waals surface area contributed by atoms with E-state index in [9.17, 15) is 14.4 Å². The van der Waals surface area contributed by atoms with E-state index < -0.39 is 5.54 Å². The summed E-state index contributed by atoms with van der Waals surface area (Å²) < 4.78 is 1.56. The van der Waals surface area contributed by atoms with Crippen LogP contribution >= 0.6 is 0 Å². The monoisotopic (exact) mass is 506 g/mol. The zero-order chi connectivity index (χ0) is 26.3. The second-order valence-electron chi connectivity index (χ2n) is 10.9. The van der Waals surface area contributed by atoms with Gasteiger partial charge in [0.15, 0.2) is 5.69 Å². The van der Waals surface area contributed by atoms with Gasteiger partial charge in [0.1, 0.15) is 11.2 Å². The molecule has 1 N–H and O–H groups in total. The van der Waals surface area contributed by atoms with Crippen molar-refractivity contribution in [3.63, 3.8) is 0 Å². The van der Waals surface area contributed by atoms with Crippen LogP contribution in [0.4, 0.5) is 5.69 Å². The smallest absolute Gasteiger partial charge is 0.274 e. The highest BCUT2D eigenvalue weighted by atomic mass is 16.2. The lowest BCUT2D eigenvalue weighted by atomic mass is 9.94. The molecule has 1 aliphatic carbocycles. The van der Waals surface area contributed by atoms with Crippen molar-refractivity contribution in [2.75, 3.05) is 37.6 Å². The Kier molecular flexibility index (Phi) is 6.72. The largest absolute Gasteiger partial charge is 0.368 e. The Hall–Kier alpha value is -3.36. The number of rotatable bonds is 5. The van der Waals surface area contributed by atoms with Crippen LogP contribution in [0.15, 0.2) is 24.3 Å². The van der Waals surface area contributed by atoms with Crippen LogP contribution in [-0.2, 0) is 11.3 Å². The van der Waals surface area contributed by atoms with Crippen molar-refractivity contribution in [1.82, 2.24) is 24.9 Å². The number of aryl methyl sites for hydroxylation is 2. The number of nitrogens with one attached hydrogen (secondary N) is 1. The second kappa shape index (κ2) is 9.84. The molecule has 0 unspecified atom stereocenters. The van der Waals surface area contributed by atoms with Crippen molar-refractivity contribution < 1.29 is 14.4 Å². The van der Waals surface area contributed by atoms with Gasteiger partial charge in [0, 0.05) is 50.5 Å². The van der Waals surface area contributed by atoms with Crippen LogP contribution in [0.1, 0.15) is 71.6 Å². The average molecular weight is 507 g/mol. The summed E-state index contributed by atoms with van der Waals surface area (Å²) in [4.78, 5) is 45.9. The molecule has 9 nitrogen and oxygen atoms in total. The van der Waals surface area contributed by atoms with E-state index in [4.69, 9.17) is 0 Å². The number of hydrogen-bond donors (Lipinski definition) is 1. The molecule has 1 aromatic heterocycles. The molecule has 0 bridgehead atoms. The van der Waals surface area contributed by atoms with Gasteiger partial charge >= 0.3 is 0 Å². The van der Waals surface area contributed by atoms with Gasteiger partial charge in [-0.2, -0.15) is 5.10 Å². The number of carbonyl (C=O) groups excluding carboxylic acids is 3. The maximum atomic E-state index is 13.4. The molecular formula is C28H38N6O3. The molecule has 198 valence electrons. The number of likely N-dealkylation sites (N-methyl/N-ethyl adjacent to an activating group) is 1. The van der Waals surface area contributed by atoms with E-state index >= 15 is 0 Å². The van der Waals surface area contributed by atoms with Gasteiger partial charge in [0.05, 0.1) is 6.54 Å². The zero-order valence-corrected chi connectivity index (χ0v) is 22.4. The standard InChI is InChI=1S/C28H38N6O3/c1-5-33-26(36)24-17-22(30-34(24)18-28(33,4)27(37)29-21-8-6-7-9-21)25(35)32-14-12-31(13-15-32)23-16-19(2)10-11-20(23)3/h10-11,16-17,21H,5-9,12-15,18H2,1-4H3,(H,29,37)/t28-/m0/s1. The third kappa shape index (κ3) is 4.60. The Morgan fingerprint density at radius 2 is 1.78 bits per heavy atom. The predicted octanol–water partition coefficient (Wildman–Crippen LogP) is 2.76. The number of piperazine rings is 1. The third-order valence-electron chi connectivity index (χ3n) is 8.28. The molecule has 0 radical (unpaired) electrons. The van der Waals surface area contributed by atoms with Gasteiger partial charge in [-0.15, -0.1) is 0 Å². The molecular weight excluding hydrogens is 468 g/mol. The van der Waals surface area contributed by atoms with Crippen LogP contribution in [0, 0.1) is 13.8 Å².